The van der Waals surface area contributed by atoms with E-state index in [1.54, 1.807) is 0 Å². The van der Waals surface area contributed by atoms with Crippen molar-refractivity contribution in [1.82, 2.24) is 15.5 Å². The molecular formula is C19H35N3O. The third-order valence-electron chi connectivity index (χ3n) is 7.35. The molecule has 1 heterocycles. The van der Waals surface area contributed by atoms with Crippen molar-refractivity contribution in [2.24, 2.45) is 17.3 Å². The van der Waals surface area contributed by atoms with Crippen molar-refractivity contribution in [3.05, 3.63) is 0 Å². The molecule has 3 fully saturated rings. The average molecular weight is 322 g/mol. The highest BCUT2D eigenvalue weighted by atomic mass is 16.2. The van der Waals surface area contributed by atoms with Crippen molar-refractivity contribution in [2.75, 3.05) is 32.7 Å². The van der Waals surface area contributed by atoms with E-state index in [1.807, 2.05) is 0 Å². The van der Waals surface area contributed by atoms with E-state index >= 15 is 0 Å². The summed E-state index contributed by atoms with van der Waals surface area (Å²) in [6.07, 6.45) is 7.96. The zero-order valence-electron chi connectivity index (χ0n) is 15.3. The van der Waals surface area contributed by atoms with Crippen molar-refractivity contribution < 1.29 is 4.79 Å². The van der Waals surface area contributed by atoms with Crippen molar-refractivity contribution in [3.63, 3.8) is 0 Å². The van der Waals surface area contributed by atoms with Crippen molar-refractivity contribution in [2.45, 2.75) is 64.8 Å². The van der Waals surface area contributed by atoms with Gasteiger partial charge in [0.25, 0.3) is 0 Å². The minimum Gasteiger partial charge on any atom is -0.349 e. The fraction of sp³-hybridized carbons (Fsp3) is 0.947. The Morgan fingerprint density at radius 3 is 2.43 bits per heavy atom. The molecule has 4 heteroatoms. The number of amides is 1. The summed E-state index contributed by atoms with van der Waals surface area (Å²) < 4.78 is 0. The Morgan fingerprint density at radius 1 is 1.09 bits per heavy atom. The van der Waals surface area contributed by atoms with E-state index in [-0.39, 0.29) is 16.9 Å². The van der Waals surface area contributed by atoms with Crippen LogP contribution in [0.25, 0.3) is 0 Å². The smallest absolute Gasteiger partial charge is 0.234 e. The molecule has 0 unspecified atom stereocenters. The molecule has 0 aromatic heterocycles. The molecule has 0 radical (unpaired) electrons. The second-order valence-corrected chi connectivity index (χ2v) is 8.76. The lowest BCUT2D eigenvalue weighted by Crippen LogP contribution is -2.60. The van der Waals surface area contributed by atoms with Gasteiger partial charge < -0.3 is 15.5 Å². The number of carbonyl (C=O) groups excluding carboxylic acids is 1. The first-order chi connectivity index (χ1) is 10.9. The van der Waals surface area contributed by atoms with Gasteiger partial charge in [0.2, 0.25) is 5.91 Å². The number of hydrogen-bond donors (Lipinski definition) is 2. The summed E-state index contributed by atoms with van der Waals surface area (Å²) in [7, 11) is 0. The lowest BCUT2D eigenvalue weighted by molar-refractivity contribution is -0.124. The van der Waals surface area contributed by atoms with Crippen LogP contribution in [-0.2, 0) is 4.79 Å². The average Bonchev–Trinajstić information content (AvgIpc) is 3.08. The molecule has 2 saturated carbocycles. The summed E-state index contributed by atoms with van der Waals surface area (Å²) in [4.78, 5) is 14.9. The van der Waals surface area contributed by atoms with Gasteiger partial charge >= 0.3 is 0 Å². The number of nitrogens with one attached hydrogen (secondary N) is 2. The van der Waals surface area contributed by atoms with Gasteiger partial charge in [0.1, 0.15) is 0 Å². The predicted molar refractivity (Wildman–Crippen MR) is 94.3 cm³/mol. The fourth-order valence-electron chi connectivity index (χ4n) is 5.33. The van der Waals surface area contributed by atoms with Crippen LogP contribution in [0, 0.1) is 17.3 Å². The predicted octanol–water partition coefficient (Wildman–Crippen LogP) is 2.39. The Morgan fingerprint density at radius 2 is 1.78 bits per heavy atom. The second-order valence-electron chi connectivity index (χ2n) is 8.76. The van der Waals surface area contributed by atoms with E-state index < -0.39 is 0 Å². The van der Waals surface area contributed by atoms with Crippen molar-refractivity contribution in [1.29, 1.82) is 0 Å². The number of piperidine rings is 1. The van der Waals surface area contributed by atoms with E-state index in [0.29, 0.717) is 12.5 Å². The molecule has 3 atom stereocenters. The SMILES string of the molecule is CC1(C)[C@@H]2CC[C@@H](C2)[C@@]1(C)NC(=O)CNCCN1CCCCC1. The molecule has 2 bridgehead atoms. The highest BCUT2D eigenvalue weighted by Gasteiger charge is 2.60. The van der Waals surface area contributed by atoms with Crippen LogP contribution in [0.5, 0.6) is 0 Å². The Hall–Kier alpha value is -0.610. The fourth-order valence-corrected chi connectivity index (χ4v) is 5.33. The zero-order chi connectivity index (χ0) is 16.5. The molecule has 3 rings (SSSR count). The van der Waals surface area contributed by atoms with Gasteiger partial charge in [-0.15, -0.1) is 0 Å². The molecule has 2 aliphatic carbocycles. The van der Waals surface area contributed by atoms with Crippen LogP contribution in [0.3, 0.4) is 0 Å². The molecule has 1 aliphatic heterocycles. The van der Waals surface area contributed by atoms with Crippen LogP contribution in [0.2, 0.25) is 0 Å². The Bertz CT molecular complexity index is 430. The molecule has 1 amide bonds. The van der Waals surface area contributed by atoms with Gasteiger partial charge in [-0.1, -0.05) is 20.3 Å². The summed E-state index contributed by atoms with van der Waals surface area (Å²) >= 11 is 0. The van der Waals surface area contributed by atoms with Crippen LogP contribution < -0.4 is 10.6 Å². The monoisotopic (exact) mass is 321 g/mol. The highest BCUT2D eigenvalue weighted by Crippen LogP contribution is 2.61. The van der Waals surface area contributed by atoms with E-state index in [2.05, 4.69) is 36.3 Å². The number of hydrogen-bond acceptors (Lipinski definition) is 3. The van der Waals surface area contributed by atoms with E-state index in [0.717, 1.165) is 19.0 Å². The summed E-state index contributed by atoms with van der Waals surface area (Å²) in [5.41, 5.74) is 0.195. The number of nitrogens with zero attached hydrogens (tertiary/aromatic N) is 1. The zero-order valence-corrected chi connectivity index (χ0v) is 15.3. The Balaban J connectivity index is 1.41. The summed E-state index contributed by atoms with van der Waals surface area (Å²) in [6, 6.07) is 0. The van der Waals surface area contributed by atoms with Gasteiger partial charge in [0.15, 0.2) is 0 Å². The lowest BCUT2D eigenvalue weighted by atomic mass is 9.64. The standard InChI is InChI=1S/C19H35N3O/c1-18(2)15-7-8-16(13-15)19(18,3)21-17(23)14-20-9-12-22-10-5-4-6-11-22/h15-16,20H,4-14H2,1-3H3,(H,21,23)/t15-,16+,19-/m1/s1. The number of likely N-dealkylation sites (tertiary alicyclic amines) is 1. The van der Waals surface area contributed by atoms with Crippen LogP contribution in [0.4, 0.5) is 0 Å². The van der Waals surface area contributed by atoms with E-state index in [1.165, 1.54) is 51.6 Å². The number of rotatable bonds is 6. The van der Waals surface area contributed by atoms with Crippen LogP contribution in [-0.4, -0.2) is 49.1 Å². The van der Waals surface area contributed by atoms with Crippen molar-refractivity contribution in [3.8, 4) is 0 Å². The Labute approximate surface area is 141 Å². The van der Waals surface area contributed by atoms with E-state index in [9.17, 15) is 4.79 Å². The van der Waals surface area contributed by atoms with Crippen LogP contribution in [0.1, 0.15) is 59.3 Å². The molecule has 2 N–H and O–H groups in total. The molecular weight excluding hydrogens is 286 g/mol. The molecule has 3 aliphatic rings. The van der Waals surface area contributed by atoms with Gasteiger partial charge in [-0.25, -0.2) is 0 Å². The van der Waals surface area contributed by atoms with E-state index in [4.69, 9.17) is 0 Å². The van der Waals surface area contributed by atoms with Gasteiger partial charge in [-0.05, 0) is 69.4 Å². The number of fused-ring (bicyclic) bond motifs is 2. The largest absolute Gasteiger partial charge is 0.349 e. The maximum Gasteiger partial charge on any atom is 0.234 e. The van der Waals surface area contributed by atoms with Crippen LogP contribution in [0.15, 0.2) is 0 Å². The normalized spacial score (nSPS) is 36.3. The molecule has 0 aromatic carbocycles. The van der Waals surface area contributed by atoms with Gasteiger partial charge in [0, 0.05) is 18.6 Å². The lowest BCUT2D eigenvalue weighted by Gasteiger charge is -2.48. The summed E-state index contributed by atoms with van der Waals surface area (Å²) in [5.74, 6) is 1.62. The summed E-state index contributed by atoms with van der Waals surface area (Å²) in [6.45, 7) is 11.9. The summed E-state index contributed by atoms with van der Waals surface area (Å²) in [5, 5.41) is 6.74. The first-order valence-corrected chi connectivity index (χ1v) is 9.67. The molecule has 0 spiro atoms. The van der Waals surface area contributed by atoms with Crippen LogP contribution >= 0.6 is 0 Å². The molecule has 23 heavy (non-hydrogen) atoms. The van der Waals surface area contributed by atoms with Crippen molar-refractivity contribution >= 4 is 5.91 Å². The minimum atomic E-state index is -0.0262. The third kappa shape index (κ3) is 3.30. The molecule has 0 aromatic rings. The van der Waals surface area contributed by atoms with Gasteiger partial charge in [-0.2, -0.15) is 0 Å². The molecule has 1 saturated heterocycles. The molecule has 4 nitrogen and oxygen atoms in total. The first-order valence-electron chi connectivity index (χ1n) is 9.67. The Kier molecular flexibility index (Phi) is 5.03. The van der Waals surface area contributed by atoms with Gasteiger partial charge in [0.05, 0.1) is 6.54 Å². The number of carbonyl (C=O) groups is 1. The topological polar surface area (TPSA) is 44.4 Å². The highest BCUT2D eigenvalue weighted by molar-refractivity contribution is 5.79. The minimum absolute atomic E-state index is 0.0262. The third-order valence-corrected chi connectivity index (χ3v) is 7.35. The quantitative estimate of drug-likeness (QED) is 0.738. The second kappa shape index (κ2) is 6.72. The van der Waals surface area contributed by atoms with Gasteiger partial charge in [-0.3, -0.25) is 4.79 Å². The maximum atomic E-state index is 12.4. The first kappa shape index (κ1) is 17.2. The maximum absolute atomic E-state index is 12.4. The molecule has 132 valence electrons.